The summed E-state index contributed by atoms with van der Waals surface area (Å²) in [6.07, 6.45) is 0. The van der Waals surface area contributed by atoms with E-state index in [0.717, 1.165) is 7.11 Å². The minimum atomic E-state index is -3.60. The number of rotatable bonds is 4. The van der Waals surface area contributed by atoms with Crippen molar-refractivity contribution in [1.29, 1.82) is 0 Å². The van der Waals surface area contributed by atoms with Crippen LogP contribution in [0.2, 0.25) is 0 Å². The monoisotopic (exact) mass is 283 g/mol. The molecule has 3 N–H and O–H groups in total. The molecule has 1 heterocycles. The summed E-state index contributed by atoms with van der Waals surface area (Å²) in [5.74, 6) is -1.54. The standard InChI is InChI=1S/C11H13N3O4S/c1-18-11(15)6-19(16,17)5-10-13-8-3-2-7(12)4-9(8)14-10/h2-4H,5-6,12H2,1H3,(H,13,14). The molecule has 102 valence electrons. The second-order valence-corrected chi connectivity index (χ2v) is 6.13. The van der Waals surface area contributed by atoms with Gasteiger partial charge < -0.3 is 15.5 Å². The number of carbonyl (C=O) groups is 1. The number of nitrogen functional groups attached to an aromatic ring is 1. The summed E-state index contributed by atoms with van der Waals surface area (Å²) in [4.78, 5) is 18.0. The van der Waals surface area contributed by atoms with Crippen molar-refractivity contribution < 1.29 is 17.9 Å². The van der Waals surface area contributed by atoms with Crippen LogP contribution in [0.1, 0.15) is 5.82 Å². The molecule has 0 saturated carbocycles. The second kappa shape index (κ2) is 4.88. The number of ether oxygens (including phenoxy) is 1. The average Bonchev–Trinajstić information content (AvgIpc) is 2.68. The first-order valence-electron chi connectivity index (χ1n) is 5.41. The highest BCUT2D eigenvalue weighted by Gasteiger charge is 2.19. The van der Waals surface area contributed by atoms with Crippen LogP contribution in [0.4, 0.5) is 5.69 Å². The van der Waals surface area contributed by atoms with E-state index in [9.17, 15) is 13.2 Å². The third kappa shape index (κ3) is 3.22. The Bertz CT molecular complexity index is 721. The molecular formula is C11H13N3O4S. The van der Waals surface area contributed by atoms with Gasteiger partial charge in [-0.1, -0.05) is 0 Å². The van der Waals surface area contributed by atoms with E-state index in [1.54, 1.807) is 18.2 Å². The van der Waals surface area contributed by atoms with Gasteiger partial charge in [-0.15, -0.1) is 0 Å². The van der Waals surface area contributed by atoms with Gasteiger partial charge in [-0.25, -0.2) is 13.4 Å². The summed E-state index contributed by atoms with van der Waals surface area (Å²) in [6.45, 7) is 0. The van der Waals surface area contributed by atoms with Gasteiger partial charge in [-0.3, -0.25) is 4.79 Å². The van der Waals surface area contributed by atoms with Crippen LogP contribution in [0.3, 0.4) is 0 Å². The normalized spacial score (nSPS) is 11.6. The summed E-state index contributed by atoms with van der Waals surface area (Å²) in [7, 11) is -2.46. The maximum Gasteiger partial charge on any atom is 0.320 e. The van der Waals surface area contributed by atoms with Crippen molar-refractivity contribution in [2.45, 2.75) is 5.75 Å². The van der Waals surface area contributed by atoms with Crippen molar-refractivity contribution in [3.8, 4) is 0 Å². The number of fused-ring (bicyclic) bond motifs is 1. The van der Waals surface area contributed by atoms with E-state index in [-0.39, 0.29) is 11.6 Å². The Balaban J connectivity index is 2.23. The molecule has 7 nitrogen and oxygen atoms in total. The molecule has 0 aliphatic rings. The molecule has 0 atom stereocenters. The zero-order valence-corrected chi connectivity index (χ0v) is 11.0. The lowest BCUT2D eigenvalue weighted by atomic mass is 10.3. The lowest BCUT2D eigenvalue weighted by molar-refractivity contribution is -0.137. The number of nitrogens with one attached hydrogen (secondary N) is 1. The molecule has 0 spiro atoms. The van der Waals surface area contributed by atoms with Gasteiger partial charge >= 0.3 is 5.97 Å². The van der Waals surface area contributed by atoms with Crippen molar-refractivity contribution in [2.75, 3.05) is 18.6 Å². The molecule has 0 bridgehead atoms. The van der Waals surface area contributed by atoms with Gasteiger partial charge in [0.25, 0.3) is 0 Å². The molecule has 0 aliphatic heterocycles. The molecule has 1 aromatic heterocycles. The molecule has 0 amide bonds. The van der Waals surface area contributed by atoms with Crippen LogP contribution in [0.5, 0.6) is 0 Å². The number of benzene rings is 1. The largest absolute Gasteiger partial charge is 0.468 e. The van der Waals surface area contributed by atoms with Gasteiger partial charge in [0.05, 0.1) is 18.1 Å². The topological polar surface area (TPSA) is 115 Å². The number of hydrogen-bond acceptors (Lipinski definition) is 6. The highest BCUT2D eigenvalue weighted by molar-refractivity contribution is 7.91. The quantitative estimate of drug-likeness (QED) is 0.613. The fourth-order valence-corrected chi connectivity index (χ4v) is 2.78. The van der Waals surface area contributed by atoms with E-state index in [1.165, 1.54) is 0 Å². The minimum absolute atomic E-state index is 0.268. The number of esters is 1. The molecule has 0 saturated heterocycles. The van der Waals surface area contributed by atoms with Crippen LogP contribution in [-0.2, 0) is 25.1 Å². The Labute approximate surface area is 109 Å². The summed E-state index contributed by atoms with van der Waals surface area (Å²) in [5, 5.41) is 0. The minimum Gasteiger partial charge on any atom is -0.468 e. The first-order chi connectivity index (χ1) is 8.89. The van der Waals surface area contributed by atoms with Crippen LogP contribution in [0.25, 0.3) is 11.0 Å². The van der Waals surface area contributed by atoms with Crippen molar-refractivity contribution in [3.05, 3.63) is 24.0 Å². The van der Waals surface area contributed by atoms with Gasteiger partial charge in [0, 0.05) is 5.69 Å². The summed E-state index contributed by atoms with van der Waals surface area (Å²) >= 11 is 0. The number of H-pyrrole nitrogens is 1. The van der Waals surface area contributed by atoms with Crippen molar-refractivity contribution in [2.24, 2.45) is 0 Å². The number of aromatic amines is 1. The molecule has 19 heavy (non-hydrogen) atoms. The Hall–Kier alpha value is -2.09. The van der Waals surface area contributed by atoms with E-state index >= 15 is 0 Å². The number of methoxy groups -OCH3 is 1. The average molecular weight is 283 g/mol. The van der Waals surface area contributed by atoms with E-state index in [0.29, 0.717) is 16.7 Å². The summed E-state index contributed by atoms with van der Waals surface area (Å²) in [6, 6.07) is 5.03. The first kappa shape index (κ1) is 13.3. The number of anilines is 1. The SMILES string of the molecule is COC(=O)CS(=O)(=O)Cc1nc2ccc(N)cc2[nH]1. The highest BCUT2D eigenvalue weighted by atomic mass is 32.2. The van der Waals surface area contributed by atoms with Gasteiger partial charge in [0.15, 0.2) is 9.84 Å². The number of imidazole rings is 1. The third-order valence-corrected chi connectivity index (χ3v) is 3.87. The number of nitrogens with two attached hydrogens (primary N) is 1. The zero-order valence-electron chi connectivity index (χ0n) is 10.2. The van der Waals surface area contributed by atoms with Crippen LogP contribution in [-0.4, -0.2) is 37.2 Å². The highest BCUT2D eigenvalue weighted by Crippen LogP contribution is 2.16. The predicted molar refractivity (Wildman–Crippen MR) is 70.0 cm³/mol. The molecule has 2 aromatic rings. The summed E-state index contributed by atoms with van der Waals surface area (Å²) in [5.41, 5.74) is 7.45. The maximum absolute atomic E-state index is 11.7. The second-order valence-electron chi connectivity index (χ2n) is 4.07. The van der Waals surface area contributed by atoms with Gasteiger partial charge in [-0.2, -0.15) is 0 Å². The molecule has 8 heteroatoms. The number of sulfone groups is 1. The fraction of sp³-hybridized carbons (Fsp3) is 0.273. The third-order valence-electron chi connectivity index (χ3n) is 2.48. The first-order valence-corrected chi connectivity index (χ1v) is 7.23. The molecule has 0 fully saturated rings. The maximum atomic E-state index is 11.7. The van der Waals surface area contributed by atoms with E-state index in [1.807, 2.05) is 0 Å². The van der Waals surface area contributed by atoms with E-state index in [2.05, 4.69) is 14.7 Å². The Kier molecular flexibility index (Phi) is 3.43. The molecule has 1 aromatic carbocycles. The number of aromatic nitrogens is 2. The molecule has 0 radical (unpaired) electrons. The molecule has 0 aliphatic carbocycles. The van der Waals surface area contributed by atoms with Crippen molar-refractivity contribution in [3.63, 3.8) is 0 Å². The van der Waals surface area contributed by atoms with Gasteiger partial charge in [0.1, 0.15) is 17.3 Å². The molecule has 2 rings (SSSR count). The van der Waals surface area contributed by atoms with Crippen LogP contribution in [0.15, 0.2) is 18.2 Å². The lowest BCUT2D eigenvalue weighted by Gasteiger charge is -2.00. The Morgan fingerprint density at radius 2 is 2.21 bits per heavy atom. The van der Waals surface area contributed by atoms with E-state index < -0.39 is 21.6 Å². The molecular weight excluding hydrogens is 270 g/mol. The molecule has 0 unspecified atom stereocenters. The van der Waals surface area contributed by atoms with Gasteiger partial charge in [0.2, 0.25) is 0 Å². The van der Waals surface area contributed by atoms with Gasteiger partial charge in [-0.05, 0) is 18.2 Å². The van der Waals surface area contributed by atoms with E-state index in [4.69, 9.17) is 5.73 Å². The zero-order chi connectivity index (χ0) is 14.0. The fourth-order valence-electron chi connectivity index (χ4n) is 1.65. The lowest BCUT2D eigenvalue weighted by Crippen LogP contribution is -2.19. The van der Waals surface area contributed by atoms with Crippen LogP contribution in [0, 0.1) is 0 Å². The Morgan fingerprint density at radius 1 is 1.47 bits per heavy atom. The van der Waals surface area contributed by atoms with Crippen LogP contribution >= 0.6 is 0 Å². The summed E-state index contributed by atoms with van der Waals surface area (Å²) < 4.78 is 27.8. The van der Waals surface area contributed by atoms with Crippen molar-refractivity contribution in [1.82, 2.24) is 9.97 Å². The smallest absolute Gasteiger partial charge is 0.320 e. The predicted octanol–water partition coefficient (Wildman–Crippen LogP) is 0.233. The van der Waals surface area contributed by atoms with Crippen molar-refractivity contribution >= 4 is 32.5 Å². The van der Waals surface area contributed by atoms with Crippen LogP contribution < -0.4 is 5.73 Å². The number of nitrogens with zero attached hydrogens (tertiary/aromatic N) is 1. The number of carbonyl (C=O) groups excluding carboxylic acids is 1. The number of hydrogen-bond donors (Lipinski definition) is 2. The Morgan fingerprint density at radius 3 is 2.89 bits per heavy atom.